The topological polar surface area (TPSA) is 25.8 Å². The maximum absolute atomic E-state index is 12.4. The van der Waals surface area contributed by atoms with E-state index in [-0.39, 0.29) is 0 Å². The van der Waals surface area contributed by atoms with Gasteiger partial charge in [-0.05, 0) is 30.2 Å². The predicted molar refractivity (Wildman–Crippen MR) is 61.0 cm³/mol. The minimum atomic E-state index is -4.29. The third-order valence-electron chi connectivity index (χ3n) is 2.69. The van der Waals surface area contributed by atoms with E-state index in [0.717, 1.165) is 29.0 Å². The molecular formula is C13H11F3N2. The Balaban J connectivity index is 2.19. The van der Waals surface area contributed by atoms with Crippen LogP contribution in [0.5, 0.6) is 0 Å². The summed E-state index contributed by atoms with van der Waals surface area (Å²) in [6, 6.07) is 5.15. The molecule has 0 fully saturated rings. The van der Waals surface area contributed by atoms with E-state index in [1.54, 1.807) is 6.20 Å². The van der Waals surface area contributed by atoms with Crippen molar-refractivity contribution in [2.45, 2.75) is 19.5 Å². The van der Waals surface area contributed by atoms with Gasteiger partial charge in [-0.2, -0.15) is 13.2 Å². The second-order valence-electron chi connectivity index (χ2n) is 4.00. The van der Waals surface area contributed by atoms with Gasteiger partial charge in [-0.1, -0.05) is 12.1 Å². The Morgan fingerprint density at radius 3 is 2.33 bits per heavy atom. The van der Waals surface area contributed by atoms with E-state index in [0.29, 0.717) is 6.42 Å². The lowest BCUT2D eigenvalue weighted by molar-refractivity contribution is -0.137. The Morgan fingerprint density at radius 2 is 1.78 bits per heavy atom. The number of hydrogen-bond donors (Lipinski definition) is 0. The van der Waals surface area contributed by atoms with Gasteiger partial charge in [0.05, 0.1) is 5.56 Å². The number of nitrogens with zero attached hydrogens (tertiary/aromatic N) is 2. The number of benzene rings is 1. The third-order valence-corrected chi connectivity index (χ3v) is 2.69. The second kappa shape index (κ2) is 4.76. The molecule has 2 rings (SSSR count). The summed E-state index contributed by atoms with van der Waals surface area (Å²) in [7, 11) is 0. The quantitative estimate of drug-likeness (QED) is 0.818. The minimum Gasteiger partial charge on any atom is -0.245 e. The molecule has 0 aliphatic carbocycles. The predicted octanol–water partition coefficient (Wildman–Crippen LogP) is 3.39. The summed E-state index contributed by atoms with van der Waals surface area (Å²) in [4.78, 5) is 7.95. The van der Waals surface area contributed by atoms with Gasteiger partial charge in [-0.25, -0.2) is 9.97 Å². The molecule has 2 nitrogen and oxygen atoms in total. The first-order valence-corrected chi connectivity index (χ1v) is 5.38. The second-order valence-corrected chi connectivity index (χ2v) is 4.00. The SMILES string of the molecule is Cc1ncncc1Cc1ccc(C(F)(F)F)cc1. The first kappa shape index (κ1) is 12.5. The van der Waals surface area contributed by atoms with Crippen LogP contribution in [-0.2, 0) is 12.6 Å². The number of rotatable bonds is 2. The van der Waals surface area contributed by atoms with Crippen molar-refractivity contribution in [3.63, 3.8) is 0 Å². The molecule has 1 aromatic carbocycles. The summed E-state index contributed by atoms with van der Waals surface area (Å²) in [5, 5.41) is 0. The molecule has 0 aliphatic heterocycles. The highest BCUT2D eigenvalue weighted by atomic mass is 19.4. The molecule has 94 valence electrons. The Morgan fingerprint density at radius 1 is 1.11 bits per heavy atom. The van der Waals surface area contributed by atoms with Crippen molar-refractivity contribution in [1.29, 1.82) is 0 Å². The van der Waals surface area contributed by atoms with Crippen LogP contribution in [0.4, 0.5) is 13.2 Å². The zero-order valence-electron chi connectivity index (χ0n) is 9.70. The molecule has 18 heavy (non-hydrogen) atoms. The van der Waals surface area contributed by atoms with Crippen LogP contribution < -0.4 is 0 Å². The summed E-state index contributed by atoms with van der Waals surface area (Å²) in [5.41, 5.74) is 1.93. The van der Waals surface area contributed by atoms with E-state index in [1.807, 2.05) is 6.92 Å². The summed E-state index contributed by atoms with van der Waals surface area (Å²) >= 11 is 0. The molecule has 0 saturated heterocycles. The summed E-state index contributed by atoms with van der Waals surface area (Å²) < 4.78 is 37.2. The third kappa shape index (κ3) is 2.85. The summed E-state index contributed by atoms with van der Waals surface area (Å²) in [6.45, 7) is 1.85. The Labute approximate surface area is 103 Å². The Kier molecular flexibility index (Phi) is 3.32. The average Bonchev–Trinajstić information content (AvgIpc) is 2.32. The fourth-order valence-corrected chi connectivity index (χ4v) is 1.62. The molecule has 0 unspecified atom stereocenters. The van der Waals surface area contributed by atoms with Gasteiger partial charge >= 0.3 is 6.18 Å². The molecule has 1 heterocycles. The van der Waals surface area contributed by atoms with Crippen LogP contribution in [0.15, 0.2) is 36.8 Å². The normalized spacial score (nSPS) is 11.6. The number of hydrogen-bond acceptors (Lipinski definition) is 2. The van der Waals surface area contributed by atoms with Crippen LogP contribution in [0.1, 0.15) is 22.4 Å². The molecule has 0 bridgehead atoms. The van der Waals surface area contributed by atoms with Crippen LogP contribution >= 0.6 is 0 Å². The van der Waals surface area contributed by atoms with Crippen molar-refractivity contribution in [1.82, 2.24) is 9.97 Å². The van der Waals surface area contributed by atoms with Crippen molar-refractivity contribution in [2.24, 2.45) is 0 Å². The highest BCUT2D eigenvalue weighted by Gasteiger charge is 2.29. The highest BCUT2D eigenvalue weighted by Crippen LogP contribution is 2.29. The van der Waals surface area contributed by atoms with E-state index in [9.17, 15) is 13.2 Å². The van der Waals surface area contributed by atoms with Gasteiger partial charge < -0.3 is 0 Å². The molecule has 0 amide bonds. The molecular weight excluding hydrogens is 241 g/mol. The zero-order valence-corrected chi connectivity index (χ0v) is 9.70. The lowest BCUT2D eigenvalue weighted by Crippen LogP contribution is -2.04. The van der Waals surface area contributed by atoms with Gasteiger partial charge in [-0.3, -0.25) is 0 Å². The van der Waals surface area contributed by atoms with Crippen LogP contribution in [0.2, 0.25) is 0 Å². The van der Waals surface area contributed by atoms with Gasteiger partial charge in [0.25, 0.3) is 0 Å². The van der Waals surface area contributed by atoms with Gasteiger partial charge in [0.2, 0.25) is 0 Å². The Hall–Kier alpha value is -1.91. The number of aromatic nitrogens is 2. The van der Waals surface area contributed by atoms with Crippen LogP contribution in [0.25, 0.3) is 0 Å². The smallest absolute Gasteiger partial charge is 0.245 e. The van der Waals surface area contributed by atoms with Gasteiger partial charge in [0.1, 0.15) is 6.33 Å². The van der Waals surface area contributed by atoms with E-state index in [4.69, 9.17) is 0 Å². The van der Waals surface area contributed by atoms with Crippen molar-refractivity contribution < 1.29 is 13.2 Å². The lowest BCUT2D eigenvalue weighted by Gasteiger charge is -2.08. The number of halogens is 3. The molecule has 0 atom stereocenters. The fraction of sp³-hybridized carbons (Fsp3) is 0.231. The monoisotopic (exact) mass is 252 g/mol. The lowest BCUT2D eigenvalue weighted by atomic mass is 10.0. The molecule has 0 N–H and O–H groups in total. The molecule has 0 spiro atoms. The molecule has 0 radical (unpaired) electrons. The molecule has 5 heteroatoms. The number of aryl methyl sites for hydroxylation is 1. The standard InChI is InChI=1S/C13H11F3N2/c1-9-11(7-17-8-18-9)6-10-2-4-12(5-3-10)13(14,15)16/h2-5,7-8H,6H2,1H3. The fourth-order valence-electron chi connectivity index (χ4n) is 1.62. The first-order chi connectivity index (χ1) is 8.47. The van der Waals surface area contributed by atoms with Crippen LogP contribution in [0.3, 0.4) is 0 Å². The van der Waals surface area contributed by atoms with Crippen molar-refractivity contribution in [3.8, 4) is 0 Å². The average molecular weight is 252 g/mol. The molecule has 0 saturated carbocycles. The molecule has 1 aromatic heterocycles. The van der Waals surface area contributed by atoms with E-state index >= 15 is 0 Å². The zero-order chi connectivity index (χ0) is 13.2. The van der Waals surface area contributed by atoms with Crippen molar-refractivity contribution in [3.05, 3.63) is 59.2 Å². The van der Waals surface area contributed by atoms with Gasteiger partial charge in [0, 0.05) is 18.3 Å². The minimum absolute atomic E-state index is 0.533. The van der Waals surface area contributed by atoms with E-state index in [1.165, 1.54) is 18.5 Å². The van der Waals surface area contributed by atoms with Gasteiger partial charge in [-0.15, -0.1) is 0 Å². The van der Waals surface area contributed by atoms with Crippen molar-refractivity contribution in [2.75, 3.05) is 0 Å². The summed E-state index contributed by atoms with van der Waals surface area (Å²) in [5.74, 6) is 0. The highest BCUT2D eigenvalue weighted by molar-refractivity contribution is 5.30. The van der Waals surface area contributed by atoms with Crippen LogP contribution in [0, 0.1) is 6.92 Å². The Bertz CT molecular complexity index is 533. The maximum Gasteiger partial charge on any atom is 0.416 e. The molecule has 2 aromatic rings. The van der Waals surface area contributed by atoms with Crippen molar-refractivity contribution >= 4 is 0 Å². The largest absolute Gasteiger partial charge is 0.416 e. The summed E-state index contributed by atoms with van der Waals surface area (Å²) in [6.07, 6.45) is -0.624. The van der Waals surface area contributed by atoms with Crippen LogP contribution in [-0.4, -0.2) is 9.97 Å². The van der Waals surface area contributed by atoms with E-state index in [2.05, 4.69) is 9.97 Å². The molecule has 0 aliphatic rings. The maximum atomic E-state index is 12.4. The number of alkyl halides is 3. The van der Waals surface area contributed by atoms with E-state index < -0.39 is 11.7 Å². The van der Waals surface area contributed by atoms with Gasteiger partial charge in [0.15, 0.2) is 0 Å². The first-order valence-electron chi connectivity index (χ1n) is 5.38.